The van der Waals surface area contributed by atoms with Gasteiger partial charge in [0.15, 0.2) is 0 Å². The van der Waals surface area contributed by atoms with Crippen LogP contribution >= 0.6 is 22.9 Å². The summed E-state index contributed by atoms with van der Waals surface area (Å²) in [5.74, 6) is 0. The van der Waals surface area contributed by atoms with Crippen molar-refractivity contribution in [3.05, 3.63) is 21.3 Å². The molecule has 5 heteroatoms. The number of nitrogens with zero attached hydrogens (tertiary/aromatic N) is 1. The van der Waals surface area contributed by atoms with E-state index < -0.39 is 0 Å². The van der Waals surface area contributed by atoms with E-state index in [9.17, 15) is 0 Å². The van der Waals surface area contributed by atoms with E-state index in [4.69, 9.17) is 22.1 Å². The number of nitrogens with two attached hydrogens (primary N) is 1. The smallest absolute Gasteiger partial charge is 0.0931 e. The molecular formula is C13H19ClN2OS. The quantitative estimate of drug-likeness (QED) is 0.928. The molecule has 2 heterocycles. The van der Waals surface area contributed by atoms with E-state index in [2.05, 4.69) is 11.0 Å². The highest BCUT2D eigenvalue weighted by Crippen LogP contribution is 2.37. The summed E-state index contributed by atoms with van der Waals surface area (Å²) >= 11 is 7.70. The summed E-state index contributed by atoms with van der Waals surface area (Å²) in [4.78, 5) is 3.83. The Bertz CT molecular complexity index is 411. The van der Waals surface area contributed by atoms with Gasteiger partial charge in [-0.2, -0.15) is 0 Å². The van der Waals surface area contributed by atoms with Crippen molar-refractivity contribution in [3.63, 3.8) is 0 Å². The lowest BCUT2D eigenvalue weighted by atomic mass is 10.1. The lowest BCUT2D eigenvalue weighted by Gasteiger charge is -2.42. The summed E-state index contributed by atoms with van der Waals surface area (Å²) in [5.41, 5.74) is 6.01. The van der Waals surface area contributed by atoms with Gasteiger partial charge >= 0.3 is 0 Å². The number of hydrogen-bond acceptors (Lipinski definition) is 4. The highest BCUT2D eigenvalue weighted by molar-refractivity contribution is 7.16. The van der Waals surface area contributed by atoms with E-state index in [0.29, 0.717) is 24.7 Å². The summed E-state index contributed by atoms with van der Waals surface area (Å²) in [6.45, 7) is 2.47. The molecule has 1 aromatic heterocycles. The maximum atomic E-state index is 6.05. The third-order valence-electron chi connectivity index (χ3n) is 4.07. The van der Waals surface area contributed by atoms with Crippen LogP contribution in [0, 0.1) is 0 Å². The Hall–Kier alpha value is -0.130. The van der Waals surface area contributed by atoms with Gasteiger partial charge in [0.2, 0.25) is 0 Å². The minimum absolute atomic E-state index is 0.303. The van der Waals surface area contributed by atoms with Crippen LogP contribution in [0.2, 0.25) is 4.34 Å². The molecule has 0 spiro atoms. The average molecular weight is 287 g/mol. The van der Waals surface area contributed by atoms with Crippen molar-refractivity contribution in [2.24, 2.45) is 5.73 Å². The molecule has 1 saturated carbocycles. The first-order valence-electron chi connectivity index (χ1n) is 6.62. The van der Waals surface area contributed by atoms with E-state index in [1.807, 2.05) is 6.07 Å². The first-order chi connectivity index (χ1) is 8.79. The molecule has 2 aliphatic rings. The summed E-state index contributed by atoms with van der Waals surface area (Å²) in [6.07, 6.45) is 4.13. The molecule has 0 aromatic carbocycles. The lowest BCUT2D eigenvalue weighted by Crippen LogP contribution is -2.51. The maximum Gasteiger partial charge on any atom is 0.0931 e. The maximum absolute atomic E-state index is 6.05. The van der Waals surface area contributed by atoms with Crippen LogP contribution in [0.4, 0.5) is 0 Å². The van der Waals surface area contributed by atoms with E-state index in [0.717, 1.165) is 17.5 Å². The Kier molecular flexibility index (Phi) is 3.91. The largest absolute Gasteiger partial charge is 0.375 e. The van der Waals surface area contributed by atoms with Gasteiger partial charge in [0.1, 0.15) is 0 Å². The van der Waals surface area contributed by atoms with Crippen LogP contribution in [0.5, 0.6) is 0 Å². The molecule has 3 rings (SSSR count). The second-order valence-corrected chi connectivity index (χ2v) is 6.79. The average Bonchev–Trinajstić information content (AvgIpc) is 2.99. The molecule has 100 valence electrons. The second kappa shape index (κ2) is 5.47. The van der Waals surface area contributed by atoms with Gasteiger partial charge in [-0.15, -0.1) is 11.3 Å². The summed E-state index contributed by atoms with van der Waals surface area (Å²) in [7, 11) is 0. The lowest BCUT2D eigenvalue weighted by molar-refractivity contribution is -0.0706. The fourth-order valence-corrected chi connectivity index (χ4v) is 4.46. The zero-order valence-electron chi connectivity index (χ0n) is 10.3. The summed E-state index contributed by atoms with van der Waals surface area (Å²) < 4.78 is 6.71. The van der Waals surface area contributed by atoms with E-state index in [-0.39, 0.29) is 0 Å². The van der Waals surface area contributed by atoms with Crippen molar-refractivity contribution < 1.29 is 4.74 Å². The van der Waals surface area contributed by atoms with Crippen molar-refractivity contribution in [3.8, 4) is 0 Å². The van der Waals surface area contributed by atoms with Gasteiger partial charge in [-0.1, -0.05) is 11.6 Å². The number of hydrogen-bond donors (Lipinski definition) is 1. The van der Waals surface area contributed by atoms with Gasteiger partial charge in [0, 0.05) is 24.0 Å². The normalized spacial score (nSPS) is 30.3. The second-order valence-electron chi connectivity index (χ2n) is 5.04. The van der Waals surface area contributed by atoms with Gasteiger partial charge in [0.25, 0.3) is 0 Å². The van der Waals surface area contributed by atoms with Gasteiger partial charge in [-0.3, -0.25) is 4.90 Å². The van der Waals surface area contributed by atoms with Crippen molar-refractivity contribution in [2.45, 2.75) is 37.5 Å². The summed E-state index contributed by atoms with van der Waals surface area (Å²) in [6, 6.07) is 4.94. The number of halogens is 1. The molecule has 0 bridgehead atoms. The van der Waals surface area contributed by atoms with E-state index in [1.54, 1.807) is 11.3 Å². The number of ether oxygens (including phenoxy) is 1. The number of morpholine rings is 1. The predicted octanol–water partition coefficient (Wildman–Crippen LogP) is 2.65. The third kappa shape index (κ3) is 2.32. The third-order valence-corrected chi connectivity index (χ3v) is 5.40. The number of fused-ring (bicyclic) bond motifs is 1. The molecule has 2 fully saturated rings. The zero-order chi connectivity index (χ0) is 12.5. The van der Waals surface area contributed by atoms with Gasteiger partial charge < -0.3 is 10.5 Å². The number of rotatable bonds is 3. The fraction of sp³-hybridized carbons (Fsp3) is 0.692. The van der Waals surface area contributed by atoms with E-state index in [1.165, 1.54) is 24.1 Å². The highest BCUT2D eigenvalue weighted by atomic mass is 35.5. The molecule has 1 aromatic rings. The number of thiophene rings is 1. The van der Waals surface area contributed by atoms with Crippen LogP contribution < -0.4 is 5.73 Å². The van der Waals surface area contributed by atoms with Crippen LogP contribution in [0.1, 0.15) is 30.2 Å². The Morgan fingerprint density at radius 3 is 3.11 bits per heavy atom. The molecular weight excluding hydrogens is 268 g/mol. The molecule has 0 amide bonds. The standard InChI is InChI=1S/C13H19ClN2OS/c14-13-5-4-12(18-13)10(8-15)16-6-7-17-11-3-1-2-9(11)16/h4-5,9-11H,1-3,6-8,15H2. The topological polar surface area (TPSA) is 38.5 Å². The summed E-state index contributed by atoms with van der Waals surface area (Å²) in [5, 5.41) is 0. The van der Waals surface area contributed by atoms with Crippen molar-refractivity contribution in [1.82, 2.24) is 4.90 Å². The first kappa shape index (κ1) is 12.9. The highest BCUT2D eigenvalue weighted by Gasteiger charge is 2.39. The Labute approximate surface area is 117 Å². The molecule has 3 unspecified atom stereocenters. The van der Waals surface area contributed by atoms with Gasteiger partial charge in [-0.05, 0) is 31.4 Å². The molecule has 18 heavy (non-hydrogen) atoms. The Morgan fingerprint density at radius 2 is 2.39 bits per heavy atom. The van der Waals surface area contributed by atoms with Crippen molar-refractivity contribution in [2.75, 3.05) is 19.7 Å². The molecule has 3 nitrogen and oxygen atoms in total. The van der Waals surface area contributed by atoms with Gasteiger partial charge in [-0.25, -0.2) is 0 Å². The molecule has 0 radical (unpaired) electrons. The van der Waals surface area contributed by atoms with Crippen LogP contribution in [0.15, 0.2) is 12.1 Å². The van der Waals surface area contributed by atoms with Crippen molar-refractivity contribution >= 4 is 22.9 Å². The molecule has 3 atom stereocenters. The fourth-order valence-electron chi connectivity index (χ4n) is 3.26. The first-order valence-corrected chi connectivity index (χ1v) is 7.81. The van der Waals surface area contributed by atoms with Crippen LogP contribution in [-0.2, 0) is 4.74 Å². The Balaban J connectivity index is 1.82. The van der Waals surface area contributed by atoms with Crippen LogP contribution in [0.3, 0.4) is 0 Å². The zero-order valence-corrected chi connectivity index (χ0v) is 11.9. The molecule has 2 N–H and O–H groups in total. The minimum Gasteiger partial charge on any atom is -0.375 e. The van der Waals surface area contributed by atoms with Crippen LogP contribution in [0.25, 0.3) is 0 Å². The SMILES string of the molecule is NCC(c1ccc(Cl)s1)N1CCOC2CCCC21. The van der Waals surface area contributed by atoms with Crippen LogP contribution in [-0.4, -0.2) is 36.7 Å². The van der Waals surface area contributed by atoms with E-state index >= 15 is 0 Å². The molecule has 1 saturated heterocycles. The molecule has 1 aliphatic carbocycles. The van der Waals surface area contributed by atoms with Crippen molar-refractivity contribution in [1.29, 1.82) is 0 Å². The minimum atomic E-state index is 0.303. The predicted molar refractivity (Wildman–Crippen MR) is 75.2 cm³/mol. The Morgan fingerprint density at radius 1 is 1.50 bits per heavy atom. The van der Waals surface area contributed by atoms with Gasteiger partial charge in [0.05, 0.1) is 23.1 Å². The molecule has 1 aliphatic heterocycles. The monoisotopic (exact) mass is 286 g/mol.